The standard InChI is InChI=1S/C16H18N4O/c1-12(21)14-5-6-15(9-17)16(8-14)18-7-3-4-13-10-19-20(2)11-13/h5-6,8,10-11,18H,3-4,7H2,1-2H3. The lowest BCUT2D eigenvalue weighted by Gasteiger charge is -2.09. The van der Waals surface area contributed by atoms with Crippen molar-refractivity contribution in [2.24, 2.45) is 7.05 Å². The van der Waals surface area contributed by atoms with Gasteiger partial charge >= 0.3 is 0 Å². The Hall–Kier alpha value is -2.61. The summed E-state index contributed by atoms with van der Waals surface area (Å²) in [4.78, 5) is 11.4. The van der Waals surface area contributed by atoms with E-state index in [1.165, 1.54) is 12.5 Å². The molecule has 0 unspecified atom stereocenters. The molecule has 1 heterocycles. The largest absolute Gasteiger partial charge is 0.384 e. The molecule has 0 atom stereocenters. The fraction of sp³-hybridized carbons (Fsp3) is 0.312. The molecule has 1 N–H and O–H groups in total. The third-order valence-electron chi connectivity index (χ3n) is 3.26. The monoisotopic (exact) mass is 282 g/mol. The molecule has 0 aliphatic heterocycles. The summed E-state index contributed by atoms with van der Waals surface area (Å²) >= 11 is 0. The molecule has 0 aliphatic rings. The van der Waals surface area contributed by atoms with E-state index in [4.69, 9.17) is 5.26 Å². The average Bonchev–Trinajstić information content (AvgIpc) is 2.89. The van der Waals surface area contributed by atoms with E-state index in [-0.39, 0.29) is 5.78 Å². The number of nitriles is 1. The predicted octanol–water partition coefficient (Wildman–Crippen LogP) is 2.54. The number of carbonyl (C=O) groups is 1. The first-order chi connectivity index (χ1) is 10.1. The number of ketones is 1. The van der Waals surface area contributed by atoms with Crippen LogP contribution < -0.4 is 5.32 Å². The molecule has 5 nitrogen and oxygen atoms in total. The van der Waals surface area contributed by atoms with Gasteiger partial charge in [0.25, 0.3) is 0 Å². The molecule has 0 fully saturated rings. The van der Waals surface area contributed by atoms with Gasteiger partial charge in [-0.2, -0.15) is 10.4 Å². The Morgan fingerprint density at radius 1 is 1.48 bits per heavy atom. The maximum Gasteiger partial charge on any atom is 0.159 e. The molecular weight excluding hydrogens is 264 g/mol. The quantitative estimate of drug-likeness (QED) is 0.653. The van der Waals surface area contributed by atoms with Gasteiger partial charge in [-0.3, -0.25) is 9.48 Å². The first-order valence-corrected chi connectivity index (χ1v) is 6.86. The zero-order valence-electron chi connectivity index (χ0n) is 12.3. The van der Waals surface area contributed by atoms with Gasteiger partial charge in [0.2, 0.25) is 0 Å². The summed E-state index contributed by atoms with van der Waals surface area (Å²) in [6.07, 6.45) is 5.71. The number of aromatic nitrogens is 2. The van der Waals surface area contributed by atoms with Crippen molar-refractivity contribution >= 4 is 11.5 Å². The topological polar surface area (TPSA) is 70.7 Å². The molecule has 0 saturated heterocycles. The Bertz CT molecular complexity index is 682. The highest BCUT2D eigenvalue weighted by atomic mass is 16.1. The van der Waals surface area contributed by atoms with Gasteiger partial charge in [-0.25, -0.2) is 0 Å². The fourth-order valence-corrected chi connectivity index (χ4v) is 2.12. The summed E-state index contributed by atoms with van der Waals surface area (Å²) in [6, 6.07) is 7.24. The van der Waals surface area contributed by atoms with Crippen LogP contribution in [0, 0.1) is 11.3 Å². The minimum absolute atomic E-state index is 0.00194. The van der Waals surface area contributed by atoms with Crippen LogP contribution in [0.4, 0.5) is 5.69 Å². The maximum absolute atomic E-state index is 11.4. The lowest BCUT2D eigenvalue weighted by atomic mass is 10.1. The van der Waals surface area contributed by atoms with E-state index in [0.717, 1.165) is 25.1 Å². The molecule has 108 valence electrons. The minimum atomic E-state index is -0.00194. The number of rotatable bonds is 6. The summed E-state index contributed by atoms with van der Waals surface area (Å²) in [7, 11) is 1.90. The Morgan fingerprint density at radius 2 is 2.29 bits per heavy atom. The number of aryl methyl sites for hydroxylation is 2. The fourth-order valence-electron chi connectivity index (χ4n) is 2.12. The van der Waals surface area contributed by atoms with Gasteiger partial charge in [0.15, 0.2) is 5.78 Å². The van der Waals surface area contributed by atoms with Crippen molar-refractivity contribution in [3.63, 3.8) is 0 Å². The van der Waals surface area contributed by atoms with E-state index in [1.807, 2.05) is 19.4 Å². The number of nitrogens with zero attached hydrogens (tertiary/aromatic N) is 3. The summed E-state index contributed by atoms with van der Waals surface area (Å²) in [5.74, 6) is -0.00194. The van der Waals surface area contributed by atoms with Gasteiger partial charge in [-0.15, -0.1) is 0 Å². The van der Waals surface area contributed by atoms with E-state index in [0.29, 0.717) is 11.1 Å². The Labute approximate surface area is 124 Å². The lowest BCUT2D eigenvalue weighted by Crippen LogP contribution is -2.06. The van der Waals surface area contributed by atoms with Gasteiger partial charge in [-0.05, 0) is 43.5 Å². The number of nitrogens with one attached hydrogen (secondary N) is 1. The molecule has 5 heteroatoms. The third-order valence-corrected chi connectivity index (χ3v) is 3.26. The van der Waals surface area contributed by atoms with E-state index in [1.54, 1.807) is 22.9 Å². The minimum Gasteiger partial charge on any atom is -0.384 e. The summed E-state index contributed by atoms with van der Waals surface area (Å²) in [5, 5.41) is 16.5. The highest BCUT2D eigenvalue weighted by Crippen LogP contribution is 2.17. The number of anilines is 1. The average molecular weight is 282 g/mol. The van der Waals surface area contributed by atoms with Gasteiger partial charge in [0, 0.05) is 25.4 Å². The number of carbonyl (C=O) groups excluding carboxylic acids is 1. The number of hydrogen-bond donors (Lipinski definition) is 1. The molecule has 2 aromatic rings. The lowest BCUT2D eigenvalue weighted by molar-refractivity contribution is 0.101. The smallest absolute Gasteiger partial charge is 0.159 e. The normalized spacial score (nSPS) is 10.1. The van der Waals surface area contributed by atoms with Crippen LogP contribution in [0.3, 0.4) is 0 Å². The zero-order chi connectivity index (χ0) is 15.2. The van der Waals surface area contributed by atoms with Crippen molar-refractivity contribution in [1.82, 2.24) is 9.78 Å². The summed E-state index contributed by atoms with van der Waals surface area (Å²) in [5.41, 5.74) is 3.08. The molecule has 0 aliphatic carbocycles. The van der Waals surface area contributed by atoms with Crippen molar-refractivity contribution in [1.29, 1.82) is 5.26 Å². The van der Waals surface area contributed by atoms with Crippen LogP contribution in [-0.4, -0.2) is 22.1 Å². The van der Waals surface area contributed by atoms with Crippen molar-refractivity contribution in [3.05, 3.63) is 47.3 Å². The van der Waals surface area contributed by atoms with Crippen LogP contribution in [0.5, 0.6) is 0 Å². The second-order valence-electron chi connectivity index (χ2n) is 4.98. The van der Waals surface area contributed by atoms with Gasteiger partial charge in [0.1, 0.15) is 6.07 Å². The maximum atomic E-state index is 11.4. The number of hydrogen-bond acceptors (Lipinski definition) is 4. The predicted molar refractivity (Wildman–Crippen MR) is 81.2 cm³/mol. The molecule has 21 heavy (non-hydrogen) atoms. The Morgan fingerprint density at radius 3 is 2.90 bits per heavy atom. The number of benzene rings is 1. The van der Waals surface area contributed by atoms with Gasteiger partial charge < -0.3 is 5.32 Å². The van der Waals surface area contributed by atoms with Crippen LogP contribution in [-0.2, 0) is 13.5 Å². The van der Waals surface area contributed by atoms with E-state index < -0.39 is 0 Å². The molecule has 0 spiro atoms. The van der Waals surface area contributed by atoms with Gasteiger partial charge in [0.05, 0.1) is 17.4 Å². The first-order valence-electron chi connectivity index (χ1n) is 6.86. The SMILES string of the molecule is CC(=O)c1ccc(C#N)c(NCCCc2cnn(C)c2)c1. The molecule has 0 bridgehead atoms. The number of Topliss-reactive ketones (excluding diaryl/α,β-unsaturated/α-hetero) is 1. The Kier molecular flexibility index (Phi) is 4.72. The van der Waals surface area contributed by atoms with Crippen LogP contribution in [0.15, 0.2) is 30.6 Å². The Balaban J connectivity index is 1.94. The summed E-state index contributed by atoms with van der Waals surface area (Å²) < 4.78 is 1.78. The van der Waals surface area contributed by atoms with E-state index in [2.05, 4.69) is 16.5 Å². The van der Waals surface area contributed by atoms with Crippen LogP contribution in [0.25, 0.3) is 0 Å². The van der Waals surface area contributed by atoms with Crippen LogP contribution >= 0.6 is 0 Å². The molecule has 0 amide bonds. The first kappa shape index (κ1) is 14.8. The van der Waals surface area contributed by atoms with Crippen molar-refractivity contribution in [2.45, 2.75) is 19.8 Å². The van der Waals surface area contributed by atoms with Crippen LogP contribution in [0.1, 0.15) is 34.8 Å². The molecular formula is C16H18N4O. The molecule has 1 aromatic carbocycles. The highest BCUT2D eigenvalue weighted by Gasteiger charge is 2.06. The van der Waals surface area contributed by atoms with Crippen LogP contribution in [0.2, 0.25) is 0 Å². The summed E-state index contributed by atoms with van der Waals surface area (Å²) in [6.45, 7) is 2.26. The molecule has 0 saturated carbocycles. The molecule has 0 radical (unpaired) electrons. The van der Waals surface area contributed by atoms with E-state index in [9.17, 15) is 4.79 Å². The van der Waals surface area contributed by atoms with Gasteiger partial charge in [-0.1, -0.05) is 0 Å². The van der Waals surface area contributed by atoms with Crippen molar-refractivity contribution in [2.75, 3.05) is 11.9 Å². The molecule has 1 aromatic heterocycles. The zero-order valence-corrected chi connectivity index (χ0v) is 12.3. The second-order valence-corrected chi connectivity index (χ2v) is 4.98. The van der Waals surface area contributed by atoms with E-state index >= 15 is 0 Å². The van der Waals surface area contributed by atoms with Crippen molar-refractivity contribution < 1.29 is 4.79 Å². The van der Waals surface area contributed by atoms with Crippen molar-refractivity contribution in [3.8, 4) is 6.07 Å². The highest BCUT2D eigenvalue weighted by molar-refractivity contribution is 5.95. The third kappa shape index (κ3) is 3.93. The molecule has 2 rings (SSSR count). The second kappa shape index (κ2) is 6.71.